The minimum absolute atomic E-state index is 0.192. The van der Waals surface area contributed by atoms with Crippen molar-refractivity contribution in [2.45, 2.75) is 0 Å². The number of nitrogen functional groups attached to an aromatic ring is 1. The number of hydrogen-bond donors (Lipinski definition) is 1. The highest BCUT2D eigenvalue weighted by Crippen LogP contribution is 2.19. The number of hydrogen-bond acceptors (Lipinski definition) is 5. The molecule has 1 aliphatic rings. The number of carbonyl (C=O) groups is 2. The number of nitrogens with zero attached hydrogens (tertiary/aromatic N) is 2. The van der Waals surface area contributed by atoms with Gasteiger partial charge in [0.2, 0.25) is 0 Å². The number of esters is 1. The molecule has 1 aromatic carbocycles. The number of ether oxygens (including phenoxy) is 1. The first kappa shape index (κ1) is 15.6. The first-order chi connectivity index (χ1) is 9.97. The average Bonchev–Trinajstić information content (AvgIpc) is 2.45. The third-order valence-electron chi connectivity index (χ3n) is 3.40. The van der Waals surface area contributed by atoms with E-state index in [-0.39, 0.29) is 23.1 Å². The number of benzene rings is 1. The number of halogens is 1. The van der Waals surface area contributed by atoms with Gasteiger partial charge in [0.15, 0.2) is 6.61 Å². The van der Waals surface area contributed by atoms with Crippen LogP contribution in [0.1, 0.15) is 10.4 Å². The summed E-state index contributed by atoms with van der Waals surface area (Å²) >= 11 is 5.92. The number of likely N-dealkylation sites (N-methyl/N-ethyl adjacent to an activating group) is 1. The predicted octanol–water partition coefficient (Wildman–Crippen LogP) is 0.853. The molecule has 1 aliphatic heterocycles. The average molecular weight is 312 g/mol. The van der Waals surface area contributed by atoms with Gasteiger partial charge < -0.3 is 20.3 Å². The SMILES string of the molecule is CN1CCN(C(=O)COC(=O)c2ccc(N)cc2Cl)CC1. The Balaban J connectivity index is 1.87. The molecule has 1 amide bonds. The fourth-order valence-corrected chi connectivity index (χ4v) is 2.32. The maximum absolute atomic E-state index is 12.0. The van der Waals surface area contributed by atoms with Crippen molar-refractivity contribution in [3.05, 3.63) is 28.8 Å². The fraction of sp³-hybridized carbons (Fsp3) is 0.429. The molecule has 1 fully saturated rings. The molecule has 0 spiro atoms. The lowest BCUT2D eigenvalue weighted by Gasteiger charge is -2.32. The first-order valence-electron chi connectivity index (χ1n) is 6.66. The molecule has 6 nitrogen and oxygen atoms in total. The predicted molar refractivity (Wildman–Crippen MR) is 80.2 cm³/mol. The van der Waals surface area contributed by atoms with Crippen molar-refractivity contribution in [2.24, 2.45) is 0 Å². The summed E-state index contributed by atoms with van der Waals surface area (Å²) in [6.07, 6.45) is 0. The summed E-state index contributed by atoms with van der Waals surface area (Å²) in [5, 5.41) is 0.215. The molecule has 1 aromatic rings. The third kappa shape index (κ3) is 4.09. The van der Waals surface area contributed by atoms with Crippen LogP contribution in [0.25, 0.3) is 0 Å². The molecular formula is C14H18ClN3O3. The molecule has 0 aliphatic carbocycles. The van der Waals surface area contributed by atoms with Crippen molar-refractivity contribution >= 4 is 29.2 Å². The largest absolute Gasteiger partial charge is 0.452 e. The third-order valence-corrected chi connectivity index (χ3v) is 3.71. The summed E-state index contributed by atoms with van der Waals surface area (Å²) < 4.78 is 5.02. The molecule has 0 atom stereocenters. The van der Waals surface area contributed by atoms with E-state index < -0.39 is 5.97 Å². The number of carbonyl (C=O) groups excluding carboxylic acids is 2. The topological polar surface area (TPSA) is 75.9 Å². The minimum atomic E-state index is -0.623. The summed E-state index contributed by atoms with van der Waals surface area (Å²) in [4.78, 5) is 27.7. The molecule has 2 N–H and O–H groups in total. The van der Waals surface area contributed by atoms with Crippen LogP contribution in [-0.4, -0.2) is 61.5 Å². The summed E-state index contributed by atoms with van der Waals surface area (Å²) in [5.74, 6) is -0.814. The minimum Gasteiger partial charge on any atom is -0.452 e. The van der Waals surface area contributed by atoms with Crippen molar-refractivity contribution in [3.8, 4) is 0 Å². The molecule has 7 heteroatoms. The summed E-state index contributed by atoms with van der Waals surface area (Å²) in [7, 11) is 2.00. The molecule has 0 unspecified atom stereocenters. The maximum Gasteiger partial charge on any atom is 0.340 e. The van der Waals surface area contributed by atoms with Gasteiger partial charge >= 0.3 is 5.97 Å². The second kappa shape index (κ2) is 6.78. The Bertz CT molecular complexity index is 542. The molecule has 2 rings (SSSR count). The van der Waals surface area contributed by atoms with Crippen LogP contribution in [0.5, 0.6) is 0 Å². The lowest BCUT2D eigenvalue weighted by Crippen LogP contribution is -2.48. The van der Waals surface area contributed by atoms with Crippen LogP contribution < -0.4 is 5.73 Å². The molecule has 0 aromatic heterocycles. The summed E-state index contributed by atoms with van der Waals surface area (Å²) in [5.41, 5.74) is 6.23. The van der Waals surface area contributed by atoms with Crippen molar-refractivity contribution in [1.29, 1.82) is 0 Å². The Labute approximate surface area is 128 Å². The standard InChI is InChI=1S/C14H18ClN3O3/c1-17-4-6-18(7-5-17)13(19)9-21-14(20)11-3-2-10(16)8-12(11)15/h2-3,8H,4-7,9,16H2,1H3. The fourth-order valence-electron chi connectivity index (χ4n) is 2.05. The van der Waals surface area contributed by atoms with Crippen LogP contribution in [-0.2, 0) is 9.53 Å². The van der Waals surface area contributed by atoms with Crippen LogP contribution in [0.2, 0.25) is 5.02 Å². The molecule has 0 bridgehead atoms. The van der Waals surface area contributed by atoms with Gasteiger partial charge in [-0.25, -0.2) is 4.79 Å². The van der Waals surface area contributed by atoms with E-state index in [0.29, 0.717) is 18.8 Å². The Hall–Kier alpha value is -1.79. The van der Waals surface area contributed by atoms with Crippen LogP contribution in [0.4, 0.5) is 5.69 Å². The second-order valence-corrected chi connectivity index (χ2v) is 5.41. The van der Waals surface area contributed by atoms with Gasteiger partial charge in [0.05, 0.1) is 10.6 Å². The number of rotatable bonds is 3. The smallest absolute Gasteiger partial charge is 0.340 e. The van der Waals surface area contributed by atoms with Gasteiger partial charge in [0.25, 0.3) is 5.91 Å². The number of nitrogens with two attached hydrogens (primary N) is 1. The first-order valence-corrected chi connectivity index (χ1v) is 7.03. The Morgan fingerprint density at radius 1 is 1.29 bits per heavy atom. The Morgan fingerprint density at radius 2 is 1.95 bits per heavy atom. The molecular weight excluding hydrogens is 294 g/mol. The van der Waals surface area contributed by atoms with Crippen molar-refractivity contribution in [1.82, 2.24) is 9.80 Å². The quantitative estimate of drug-likeness (QED) is 0.661. The zero-order valence-electron chi connectivity index (χ0n) is 11.8. The van der Waals surface area contributed by atoms with E-state index in [1.807, 2.05) is 7.05 Å². The summed E-state index contributed by atoms with van der Waals surface area (Å²) in [6, 6.07) is 4.52. The van der Waals surface area contributed by atoms with E-state index in [4.69, 9.17) is 22.1 Å². The van der Waals surface area contributed by atoms with Gasteiger partial charge in [-0.1, -0.05) is 11.6 Å². The van der Waals surface area contributed by atoms with Crippen molar-refractivity contribution < 1.29 is 14.3 Å². The zero-order chi connectivity index (χ0) is 15.4. The molecule has 114 valence electrons. The molecule has 1 saturated heterocycles. The van der Waals surface area contributed by atoms with Crippen LogP contribution in [0.3, 0.4) is 0 Å². The van der Waals surface area contributed by atoms with Gasteiger partial charge in [-0.2, -0.15) is 0 Å². The van der Waals surface area contributed by atoms with Crippen LogP contribution in [0, 0.1) is 0 Å². The Kier molecular flexibility index (Phi) is 5.03. The van der Waals surface area contributed by atoms with E-state index in [1.54, 1.807) is 11.0 Å². The zero-order valence-corrected chi connectivity index (χ0v) is 12.6. The number of anilines is 1. The highest BCUT2D eigenvalue weighted by atomic mass is 35.5. The van der Waals surface area contributed by atoms with Gasteiger partial charge in [0, 0.05) is 31.9 Å². The van der Waals surface area contributed by atoms with Crippen LogP contribution >= 0.6 is 11.6 Å². The van der Waals surface area contributed by atoms with Gasteiger partial charge in [-0.15, -0.1) is 0 Å². The van der Waals surface area contributed by atoms with Crippen molar-refractivity contribution in [3.63, 3.8) is 0 Å². The van der Waals surface area contributed by atoms with E-state index in [1.165, 1.54) is 12.1 Å². The summed E-state index contributed by atoms with van der Waals surface area (Å²) in [6.45, 7) is 2.67. The van der Waals surface area contributed by atoms with Gasteiger partial charge in [0.1, 0.15) is 0 Å². The van der Waals surface area contributed by atoms with E-state index in [9.17, 15) is 9.59 Å². The van der Waals surface area contributed by atoms with E-state index in [2.05, 4.69) is 4.90 Å². The maximum atomic E-state index is 12.0. The molecule has 21 heavy (non-hydrogen) atoms. The van der Waals surface area contributed by atoms with Gasteiger partial charge in [-0.05, 0) is 25.2 Å². The monoisotopic (exact) mass is 311 g/mol. The lowest BCUT2D eigenvalue weighted by atomic mass is 10.2. The lowest BCUT2D eigenvalue weighted by molar-refractivity contribution is -0.136. The molecule has 0 saturated carbocycles. The Morgan fingerprint density at radius 3 is 2.57 bits per heavy atom. The van der Waals surface area contributed by atoms with Crippen molar-refractivity contribution in [2.75, 3.05) is 45.6 Å². The molecule has 1 heterocycles. The normalized spacial score (nSPS) is 15.8. The number of piperazine rings is 1. The van der Waals surface area contributed by atoms with Crippen LogP contribution in [0.15, 0.2) is 18.2 Å². The van der Waals surface area contributed by atoms with Gasteiger partial charge in [-0.3, -0.25) is 4.79 Å². The van der Waals surface area contributed by atoms with E-state index in [0.717, 1.165) is 13.1 Å². The highest BCUT2D eigenvalue weighted by Gasteiger charge is 2.21. The van der Waals surface area contributed by atoms with E-state index >= 15 is 0 Å². The molecule has 0 radical (unpaired) electrons. The second-order valence-electron chi connectivity index (χ2n) is 5.00. The highest BCUT2D eigenvalue weighted by molar-refractivity contribution is 6.33. The number of amides is 1.